The summed E-state index contributed by atoms with van der Waals surface area (Å²) in [6.07, 6.45) is -0.0964. The number of carboxylic acid groups (broad SMARTS) is 1. The van der Waals surface area contributed by atoms with Crippen molar-refractivity contribution >= 4 is 29.3 Å². The number of anilines is 1. The zero-order valence-corrected chi connectivity index (χ0v) is 13.0. The monoisotopic (exact) mass is 341 g/mol. The summed E-state index contributed by atoms with van der Waals surface area (Å²) in [6, 6.07) is 15.1. The lowest BCUT2D eigenvalue weighted by Crippen LogP contribution is -2.13. The molecule has 0 aromatic heterocycles. The minimum absolute atomic E-state index is 0.102. The minimum Gasteiger partial charge on any atom is -0.507 e. The predicted octanol–water partition coefficient (Wildman–Crippen LogP) is 2.99. The van der Waals surface area contributed by atoms with Crippen LogP contribution in [0.3, 0.4) is 0 Å². The van der Waals surface area contributed by atoms with Crippen LogP contribution in [0.2, 0.25) is 0 Å². The number of rotatable bonds is 6. The van der Waals surface area contributed by atoms with Crippen LogP contribution >= 0.6 is 0 Å². The Morgan fingerprint density at radius 2 is 1.72 bits per heavy atom. The third kappa shape index (κ3) is 5.51. The van der Waals surface area contributed by atoms with Crippen molar-refractivity contribution in [3.05, 3.63) is 71.8 Å². The van der Waals surface area contributed by atoms with Gasteiger partial charge in [0, 0.05) is 17.3 Å². The lowest BCUT2D eigenvalue weighted by Gasteiger charge is -2.08. The number of benzene rings is 2. The summed E-state index contributed by atoms with van der Waals surface area (Å²) in [5.74, 6) is -3.45. The number of ether oxygens (including phenoxy) is 1. The van der Waals surface area contributed by atoms with Crippen LogP contribution in [0.15, 0.2) is 60.7 Å². The van der Waals surface area contributed by atoms with Crippen molar-refractivity contribution in [1.29, 1.82) is 0 Å². The maximum Gasteiger partial charge on any atom is 0.411 e. The smallest absolute Gasteiger partial charge is 0.411 e. The van der Waals surface area contributed by atoms with E-state index in [1.807, 2.05) is 30.3 Å². The fourth-order valence-electron chi connectivity index (χ4n) is 1.90. The van der Waals surface area contributed by atoms with Crippen molar-refractivity contribution < 1.29 is 29.3 Å². The maximum absolute atomic E-state index is 11.8. The van der Waals surface area contributed by atoms with E-state index in [0.29, 0.717) is 11.8 Å². The Bertz CT molecular complexity index is 813. The molecule has 2 aromatic carbocycles. The largest absolute Gasteiger partial charge is 0.507 e. The Balaban J connectivity index is 2.00. The first-order chi connectivity index (χ1) is 12.0. The molecule has 0 radical (unpaired) electrons. The lowest BCUT2D eigenvalue weighted by atomic mass is 10.1. The third-order valence-corrected chi connectivity index (χ3v) is 3.10. The van der Waals surface area contributed by atoms with Gasteiger partial charge in [-0.1, -0.05) is 42.5 Å². The van der Waals surface area contributed by atoms with Crippen molar-refractivity contribution in [2.75, 3.05) is 5.32 Å². The Labute approximate surface area is 143 Å². The highest BCUT2D eigenvalue weighted by Gasteiger charge is 2.11. The molecule has 0 aliphatic rings. The summed E-state index contributed by atoms with van der Waals surface area (Å²) < 4.78 is 5.07. The second kappa shape index (κ2) is 8.30. The van der Waals surface area contributed by atoms with E-state index >= 15 is 0 Å². The van der Waals surface area contributed by atoms with Gasteiger partial charge in [-0.2, -0.15) is 0 Å². The molecule has 7 nitrogen and oxygen atoms in total. The van der Waals surface area contributed by atoms with E-state index in [1.54, 1.807) is 6.07 Å². The molecule has 25 heavy (non-hydrogen) atoms. The number of hydrogen-bond donors (Lipinski definition) is 3. The second-order valence-corrected chi connectivity index (χ2v) is 4.97. The molecule has 3 N–H and O–H groups in total. The van der Waals surface area contributed by atoms with Crippen LogP contribution < -0.4 is 5.32 Å². The number of aliphatic hydroxyl groups is 1. The molecular formula is C18H15NO6. The highest BCUT2D eigenvalue weighted by molar-refractivity contribution is 6.38. The molecule has 0 bridgehead atoms. The standard InChI is InChI=1S/C18H15NO6/c20-15(10-16(21)17(22)23)13-7-4-8-14(9-13)19-18(24)25-11-12-5-2-1-3-6-12/h1-10,20H,11H2,(H,19,24)(H,22,23)/b15-10-. The van der Waals surface area contributed by atoms with Gasteiger partial charge in [-0.25, -0.2) is 9.59 Å². The average molecular weight is 341 g/mol. The molecule has 0 unspecified atom stereocenters. The molecule has 0 aliphatic heterocycles. The topological polar surface area (TPSA) is 113 Å². The van der Waals surface area contributed by atoms with Crippen LogP contribution in [0.5, 0.6) is 0 Å². The SMILES string of the molecule is O=C(Nc1cccc(/C(O)=C/C(=O)C(=O)O)c1)OCc1ccccc1. The zero-order valence-electron chi connectivity index (χ0n) is 13.0. The average Bonchev–Trinajstić information content (AvgIpc) is 2.61. The van der Waals surface area contributed by atoms with E-state index in [0.717, 1.165) is 5.56 Å². The fraction of sp³-hybridized carbons (Fsp3) is 0.0556. The van der Waals surface area contributed by atoms with Crippen LogP contribution in [-0.2, 0) is 20.9 Å². The number of ketones is 1. The number of carbonyl (C=O) groups excluding carboxylic acids is 2. The van der Waals surface area contributed by atoms with Crippen molar-refractivity contribution in [3.8, 4) is 0 Å². The summed E-state index contributed by atoms with van der Waals surface area (Å²) in [4.78, 5) is 33.4. The van der Waals surface area contributed by atoms with Gasteiger partial charge in [0.05, 0.1) is 0 Å². The number of aliphatic hydroxyl groups excluding tert-OH is 1. The Kier molecular flexibility index (Phi) is 5.89. The summed E-state index contributed by atoms with van der Waals surface area (Å²) >= 11 is 0. The van der Waals surface area contributed by atoms with Gasteiger partial charge >= 0.3 is 12.1 Å². The quantitative estimate of drug-likeness (QED) is 0.423. The van der Waals surface area contributed by atoms with Crippen LogP contribution in [0, 0.1) is 0 Å². The van der Waals surface area contributed by atoms with Crippen molar-refractivity contribution in [1.82, 2.24) is 0 Å². The van der Waals surface area contributed by atoms with Gasteiger partial charge in [0.25, 0.3) is 5.78 Å². The molecular weight excluding hydrogens is 326 g/mol. The number of aliphatic carboxylic acids is 1. The van der Waals surface area contributed by atoms with Crippen LogP contribution in [0.25, 0.3) is 5.76 Å². The van der Waals surface area contributed by atoms with Crippen molar-refractivity contribution in [2.45, 2.75) is 6.61 Å². The maximum atomic E-state index is 11.8. The van der Waals surface area contributed by atoms with E-state index in [1.165, 1.54) is 18.2 Å². The second-order valence-electron chi connectivity index (χ2n) is 4.97. The van der Waals surface area contributed by atoms with Crippen molar-refractivity contribution in [3.63, 3.8) is 0 Å². The Morgan fingerprint density at radius 3 is 2.40 bits per heavy atom. The van der Waals surface area contributed by atoms with E-state index in [-0.39, 0.29) is 12.2 Å². The summed E-state index contributed by atoms with van der Waals surface area (Å²) in [6.45, 7) is 0.102. The highest BCUT2D eigenvalue weighted by atomic mass is 16.5. The molecule has 128 valence electrons. The van der Waals surface area contributed by atoms with Gasteiger partial charge in [0.15, 0.2) is 0 Å². The van der Waals surface area contributed by atoms with E-state index in [9.17, 15) is 19.5 Å². The molecule has 0 spiro atoms. The molecule has 0 saturated heterocycles. The van der Waals surface area contributed by atoms with Gasteiger partial charge in [-0.05, 0) is 17.7 Å². The van der Waals surface area contributed by atoms with Crippen LogP contribution in [0.4, 0.5) is 10.5 Å². The van der Waals surface area contributed by atoms with Crippen LogP contribution in [-0.4, -0.2) is 28.1 Å². The van der Waals surface area contributed by atoms with Gasteiger partial charge < -0.3 is 14.9 Å². The minimum atomic E-state index is -1.68. The summed E-state index contributed by atoms with van der Waals surface area (Å²) in [7, 11) is 0. The number of nitrogens with one attached hydrogen (secondary N) is 1. The summed E-state index contributed by atoms with van der Waals surface area (Å²) in [5.41, 5.74) is 1.33. The molecule has 0 aliphatic carbocycles. The van der Waals surface area contributed by atoms with Crippen molar-refractivity contribution in [2.24, 2.45) is 0 Å². The molecule has 1 amide bonds. The molecule has 0 saturated carbocycles. The van der Waals surface area contributed by atoms with Gasteiger partial charge in [-0.3, -0.25) is 10.1 Å². The molecule has 0 fully saturated rings. The Morgan fingerprint density at radius 1 is 1.00 bits per heavy atom. The predicted molar refractivity (Wildman–Crippen MR) is 89.9 cm³/mol. The normalized spacial score (nSPS) is 10.8. The molecule has 0 atom stereocenters. The number of carboxylic acids is 1. The first-order valence-corrected chi connectivity index (χ1v) is 7.22. The lowest BCUT2D eigenvalue weighted by molar-refractivity contribution is -0.146. The van der Waals surface area contributed by atoms with Gasteiger partial charge in [-0.15, -0.1) is 0 Å². The van der Waals surface area contributed by atoms with Gasteiger partial charge in [0.1, 0.15) is 12.4 Å². The van der Waals surface area contributed by atoms with Gasteiger partial charge in [0.2, 0.25) is 0 Å². The first kappa shape index (κ1) is 17.7. The molecule has 2 rings (SSSR count). The molecule has 7 heteroatoms. The number of amides is 1. The fourth-order valence-corrected chi connectivity index (χ4v) is 1.90. The number of hydrogen-bond acceptors (Lipinski definition) is 5. The zero-order chi connectivity index (χ0) is 18.2. The van der Waals surface area contributed by atoms with E-state index in [4.69, 9.17) is 9.84 Å². The first-order valence-electron chi connectivity index (χ1n) is 7.22. The number of carbonyl (C=O) groups is 3. The van der Waals surface area contributed by atoms with Crippen LogP contribution in [0.1, 0.15) is 11.1 Å². The molecule has 0 heterocycles. The van der Waals surface area contributed by atoms with E-state index in [2.05, 4.69) is 5.32 Å². The molecule has 2 aromatic rings. The van der Waals surface area contributed by atoms with E-state index < -0.39 is 23.6 Å². The Hall–Kier alpha value is -3.61. The summed E-state index contributed by atoms with van der Waals surface area (Å²) in [5, 5.41) is 20.8. The highest BCUT2D eigenvalue weighted by Crippen LogP contribution is 2.17. The third-order valence-electron chi connectivity index (χ3n) is 3.10.